The molecule has 1 aromatic carbocycles. The third-order valence-electron chi connectivity index (χ3n) is 4.48. The summed E-state index contributed by atoms with van der Waals surface area (Å²) >= 11 is 0. The smallest absolute Gasteiger partial charge is 0.128 e. The summed E-state index contributed by atoms with van der Waals surface area (Å²) in [6.07, 6.45) is 5.85. The monoisotopic (exact) mass is 267 g/mol. The van der Waals surface area contributed by atoms with Crippen molar-refractivity contribution in [3.05, 3.63) is 35.4 Å². The van der Waals surface area contributed by atoms with Crippen molar-refractivity contribution in [2.45, 2.75) is 45.1 Å². The van der Waals surface area contributed by atoms with E-state index in [1.54, 1.807) is 0 Å². The summed E-state index contributed by atoms with van der Waals surface area (Å²) in [7, 11) is 1.84. The van der Waals surface area contributed by atoms with Gasteiger partial charge in [-0.15, -0.1) is 0 Å². The van der Waals surface area contributed by atoms with Crippen molar-refractivity contribution >= 4 is 0 Å². The van der Waals surface area contributed by atoms with Gasteiger partial charge >= 0.3 is 0 Å². The van der Waals surface area contributed by atoms with E-state index in [0.29, 0.717) is 11.5 Å². The molecule has 1 aliphatic carbocycles. The lowest BCUT2D eigenvalue weighted by Gasteiger charge is -2.34. The normalized spacial score (nSPS) is 25.3. The molecule has 1 aliphatic rings. The molecule has 2 rings (SSSR count). The molecule has 0 radical (unpaired) electrons. The zero-order valence-corrected chi connectivity index (χ0v) is 11.8. The van der Waals surface area contributed by atoms with Crippen LogP contribution in [0.2, 0.25) is 0 Å². The maximum Gasteiger partial charge on any atom is 0.128 e. The van der Waals surface area contributed by atoms with Crippen molar-refractivity contribution < 1.29 is 8.78 Å². The fraction of sp³-hybridized carbons (Fsp3) is 0.625. The predicted molar refractivity (Wildman–Crippen MR) is 73.9 cm³/mol. The molecule has 1 nitrogen and oxygen atoms in total. The summed E-state index contributed by atoms with van der Waals surface area (Å²) in [6.45, 7) is 2.21. The molecule has 3 atom stereocenters. The lowest BCUT2D eigenvalue weighted by molar-refractivity contribution is 0.212. The Hall–Kier alpha value is -0.960. The lowest BCUT2D eigenvalue weighted by atomic mass is 9.75. The Labute approximate surface area is 114 Å². The van der Waals surface area contributed by atoms with Crippen LogP contribution in [0, 0.1) is 23.5 Å². The Kier molecular flexibility index (Phi) is 4.92. The third kappa shape index (κ3) is 3.33. The Balaban J connectivity index is 2.21. The van der Waals surface area contributed by atoms with E-state index in [4.69, 9.17) is 0 Å². The molecule has 0 spiro atoms. The van der Waals surface area contributed by atoms with Crippen LogP contribution in [0.5, 0.6) is 0 Å². The molecule has 3 heteroatoms. The fourth-order valence-electron chi connectivity index (χ4n) is 3.40. The van der Waals surface area contributed by atoms with Crippen LogP contribution < -0.4 is 5.32 Å². The number of hydrogen-bond donors (Lipinski definition) is 1. The summed E-state index contributed by atoms with van der Waals surface area (Å²) in [5.74, 6) is 0.463. The van der Waals surface area contributed by atoms with Crippen molar-refractivity contribution in [2.75, 3.05) is 7.05 Å². The van der Waals surface area contributed by atoms with Gasteiger partial charge < -0.3 is 5.32 Å². The SMILES string of the molecule is CCC1CCCC(C(NC)c2cc(F)ccc2F)C1. The van der Waals surface area contributed by atoms with Gasteiger partial charge in [0.25, 0.3) is 0 Å². The average Bonchev–Trinajstić information content (AvgIpc) is 2.44. The first-order valence-corrected chi connectivity index (χ1v) is 7.28. The quantitative estimate of drug-likeness (QED) is 0.850. The molecule has 0 aliphatic heterocycles. The fourth-order valence-corrected chi connectivity index (χ4v) is 3.40. The first kappa shape index (κ1) is 14.4. The van der Waals surface area contributed by atoms with Crippen LogP contribution in [0.15, 0.2) is 18.2 Å². The van der Waals surface area contributed by atoms with Crippen LogP contribution in [0.25, 0.3) is 0 Å². The molecule has 0 aromatic heterocycles. The van der Waals surface area contributed by atoms with Gasteiger partial charge in [0, 0.05) is 11.6 Å². The van der Waals surface area contributed by atoms with Gasteiger partial charge in [-0.25, -0.2) is 8.78 Å². The van der Waals surface area contributed by atoms with Gasteiger partial charge in [0.15, 0.2) is 0 Å². The molecule has 106 valence electrons. The van der Waals surface area contributed by atoms with E-state index in [0.717, 1.165) is 18.8 Å². The second-order valence-corrected chi connectivity index (χ2v) is 5.63. The Morgan fingerprint density at radius 1 is 1.32 bits per heavy atom. The van der Waals surface area contributed by atoms with Gasteiger partial charge in [-0.2, -0.15) is 0 Å². The first-order chi connectivity index (χ1) is 9.15. The molecule has 1 saturated carbocycles. The van der Waals surface area contributed by atoms with Gasteiger partial charge in [-0.05, 0) is 49.9 Å². The summed E-state index contributed by atoms with van der Waals surface area (Å²) in [5.41, 5.74) is 0.476. The predicted octanol–water partition coefficient (Wildman–Crippen LogP) is 4.44. The first-order valence-electron chi connectivity index (χ1n) is 7.28. The average molecular weight is 267 g/mol. The number of hydrogen-bond acceptors (Lipinski definition) is 1. The molecule has 1 N–H and O–H groups in total. The number of nitrogens with one attached hydrogen (secondary N) is 1. The lowest BCUT2D eigenvalue weighted by Crippen LogP contribution is -2.30. The van der Waals surface area contributed by atoms with Crippen molar-refractivity contribution in [3.63, 3.8) is 0 Å². The number of benzene rings is 1. The maximum atomic E-state index is 13.9. The van der Waals surface area contributed by atoms with Crippen LogP contribution in [0.3, 0.4) is 0 Å². The second kappa shape index (κ2) is 6.47. The summed E-state index contributed by atoms with van der Waals surface area (Å²) in [4.78, 5) is 0. The van der Waals surface area contributed by atoms with Crippen molar-refractivity contribution in [2.24, 2.45) is 11.8 Å². The molecule has 19 heavy (non-hydrogen) atoms. The number of halogens is 2. The highest BCUT2D eigenvalue weighted by molar-refractivity contribution is 5.23. The van der Waals surface area contributed by atoms with Crippen molar-refractivity contribution in [1.29, 1.82) is 0 Å². The van der Waals surface area contributed by atoms with Gasteiger partial charge in [-0.1, -0.05) is 26.2 Å². The Morgan fingerprint density at radius 3 is 2.79 bits per heavy atom. The molecule has 0 amide bonds. The summed E-state index contributed by atoms with van der Waals surface area (Å²) < 4.78 is 27.3. The van der Waals surface area contributed by atoms with Gasteiger partial charge in [-0.3, -0.25) is 0 Å². The van der Waals surface area contributed by atoms with Crippen molar-refractivity contribution in [1.82, 2.24) is 5.32 Å². The minimum atomic E-state index is -0.362. The molecular formula is C16H23F2N. The largest absolute Gasteiger partial charge is 0.313 e. The highest BCUT2D eigenvalue weighted by atomic mass is 19.1. The van der Waals surface area contributed by atoms with Gasteiger partial charge in [0.2, 0.25) is 0 Å². The van der Waals surface area contributed by atoms with Gasteiger partial charge in [0.1, 0.15) is 11.6 Å². The Bertz CT molecular complexity index is 419. The van der Waals surface area contributed by atoms with Crippen LogP contribution in [0.1, 0.15) is 50.6 Å². The van der Waals surface area contributed by atoms with Crippen LogP contribution in [-0.4, -0.2) is 7.05 Å². The summed E-state index contributed by atoms with van der Waals surface area (Å²) in [6, 6.07) is 3.67. The molecule has 0 heterocycles. The standard InChI is InChI=1S/C16H23F2N/c1-3-11-5-4-6-12(9-11)16(19-2)14-10-13(17)7-8-15(14)18/h7-8,10-12,16,19H,3-6,9H2,1-2H3. The molecule has 1 fully saturated rings. The van der Waals surface area contributed by atoms with E-state index in [1.165, 1.54) is 37.5 Å². The zero-order chi connectivity index (χ0) is 13.8. The van der Waals surface area contributed by atoms with Crippen LogP contribution >= 0.6 is 0 Å². The topological polar surface area (TPSA) is 12.0 Å². The Morgan fingerprint density at radius 2 is 2.11 bits per heavy atom. The molecule has 0 saturated heterocycles. The van der Waals surface area contributed by atoms with Crippen LogP contribution in [0.4, 0.5) is 8.78 Å². The number of rotatable bonds is 4. The minimum absolute atomic E-state index is 0.0787. The maximum absolute atomic E-state index is 13.9. The van der Waals surface area contributed by atoms with E-state index < -0.39 is 0 Å². The van der Waals surface area contributed by atoms with E-state index in [-0.39, 0.29) is 17.7 Å². The van der Waals surface area contributed by atoms with Crippen molar-refractivity contribution in [3.8, 4) is 0 Å². The second-order valence-electron chi connectivity index (χ2n) is 5.63. The molecule has 0 bridgehead atoms. The van der Waals surface area contributed by atoms with E-state index in [9.17, 15) is 8.78 Å². The highest BCUT2D eigenvalue weighted by Gasteiger charge is 2.29. The van der Waals surface area contributed by atoms with E-state index >= 15 is 0 Å². The zero-order valence-electron chi connectivity index (χ0n) is 11.8. The third-order valence-corrected chi connectivity index (χ3v) is 4.48. The van der Waals surface area contributed by atoms with E-state index in [2.05, 4.69) is 12.2 Å². The van der Waals surface area contributed by atoms with Gasteiger partial charge in [0.05, 0.1) is 0 Å². The summed E-state index contributed by atoms with van der Waals surface area (Å²) in [5, 5.41) is 3.19. The molecule has 1 aromatic rings. The van der Waals surface area contributed by atoms with E-state index in [1.807, 2.05) is 7.05 Å². The minimum Gasteiger partial charge on any atom is -0.313 e. The molecule has 3 unspecified atom stereocenters. The van der Waals surface area contributed by atoms with Crippen LogP contribution in [-0.2, 0) is 0 Å². The molecular weight excluding hydrogens is 244 g/mol. The highest BCUT2D eigenvalue weighted by Crippen LogP contribution is 2.39.